The minimum atomic E-state index is 0.230. The molecule has 0 saturated heterocycles. The Balaban J connectivity index is 2.03. The van der Waals surface area contributed by atoms with Gasteiger partial charge in [0.05, 0.1) is 17.9 Å². The third-order valence-corrected chi connectivity index (χ3v) is 3.98. The molecule has 100 valence electrons. The zero-order valence-electron chi connectivity index (χ0n) is 11.1. The van der Waals surface area contributed by atoms with Crippen LogP contribution < -0.4 is 15.4 Å². The molecular weight excluding hydrogens is 258 g/mol. The average Bonchev–Trinajstić information content (AvgIpc) is 2.84. The number of hydrogen-bond acceptors (Lipinski definition) is 5. The van der Waals surface area contributed by atoms with Crippen molar-refractivity contribution >= 4 is 22.2 Å². The van der Waals surface area contributed by atoms with Crippen LogP contribution in [0, 0.1) is 0 Å². The Bertz CT molecular complexity index is 596. The number of nitrogens with two attached hydrogens (primary N) is 1. The van der Waals surface area contributed by atoms with Gasteiger partial charge in [0, 0.05) is 17.5 Å². The van der Waals surface area contributed by atoms with Gasteiger partial charge in [-0.1, -0.05) is 0 Å². The van der Waals surface area contributed by atoms with E-state index in [-0.39, 0.29) is 6.10 Å². The molecule has 0 fully saturated rings. The van der Waals surface area contributed by atoms with Crippen molar-refractivity contribution in [3.63, 3.8) is 0 Å². The molecule has 1 aromatic heterocycles. The number of anilines is 2. The van der Waals surface area contributed by atoms with Gasteiger partial charge in [0.15, 0.2) is 5.13 Å². The lowest BCUT2D eigenvalue weighted by Gasteiger charge is -2.34. The van der Waals surface area contributed by atoms with Gasteiger partial charge < -0.3 is 15.4 Å². The Hall–Kier alpha value is -1.75. The smallest absolute Gasteiger partial charge is 0.180 e. The van der Waals surface area contributed by atoms with E-state index in [1.165, 1.54) is 11.3 Å². The molecule has 1 aliphatic rings. The normalized spacial score (nSPS) is 18.0. The van der Waals surface area contributed by atoms with Crippen molar-refractivity contribution in [3.05, 3.63) is 23.6 Å². The number of nitrogens with zero attached hydrogens (tertiary/aromatic N) is 2. The Morgan fingerprint density at radius 3 is 3.05 bits per heavy atom. The van der Waals surface area contributed by atoms with Gasteiger partial charge in [0.25, 0.3) is 0 Å². The molecule has 5 heteroatoms. The molecule has 1 aromatic carbocycles. The van der Waals surface area contributed by atoms with E-state index in [1.807, 2.05) is 17.5 Å². The molecule has 2 aromatic rings. The van der Waals surface area contributed by atoms with Gasteiger partial charge in [-0.3, -0.25) is 0 Å². The molecule has 4 nitrogen and oxygen atoms in total. The lowest BCUT2D eigenvalue weighted by Crippen LogP contribution is -2.38. The molecule has 0 spiro atoms. The number of hydrogen-bond donors (Lipinski definition) is 1. The molecule has 1 unspecified atom stereocenters. The molecule has 0 radical (unpaired) electrons. The Morgan fingerprint density at radius 1 is 1.53 bits per heavy atom. The zero-order chi connectivity index (χ0) is 13.4. The lowest BCUT2D eigenvalue weighted by molar-refractivity contribution is 0.213. The second-order valence-corrected chi connectivity index (χ2v) is 5.61. The van der Waals surface area contributed by atoms with Gasteiger partial charge in [0.2, 0.25) is 0 Å². The van der Waals surface area contributed by atoms with Crippen LogP contribution in [0.5, 0.6) is 5.75 Å². The number of ether oxygens (including phenoxy) is 1. The van der Waals surface area contributed by atoms with Crippen LogP contribution in [-0.4, -0.2) is 24.2 Å². The molecule has 2 N–H and O–H groups in total. The van der Waals surface area contributed by atoms with Gasteiger partial charge in [-0.05, 0) is 32.0 Å². The van der Waals surface area contributed by atoms with E-state index in [2.05, 4.69) is 29.8 Å². The highest BCUT2D eigenvalue weighted by atomic mass is 32.1. The molecule has 2 heterocycles. The number of rotatable bonds is 2. The maximum absolute atomic E-state index is 5.88. The fraction of sp³-hybridized carbons (Fsp3) is 0.357. The summed E-state index contributed by atoms with van der Waals surface area (Å²) in [6.07, 6.45) is 0.230. The Kier molecular flexibility index (Phi) is 3.06. The van der Waals surface area contributed by atoms with Crippen molar-refractivity contribution in [2.75, 3.05) is 23.7 Å². The van der Waals surface area contributed by atoms with E-state index in [1.54, 1.807) is 0 Å². The van der Waals surface area contributed by atoms with E-state index in [0.717, 1.165) is 35.8 Å². The third kappa shape index (κ3) is 2.26. The number of aromatic nitrogens is 1. The van der Waals surface area contributed by atoms with E-state index >= 15 is 0 Å². The topological polar surface area (TPSA) is 51.4 Å². The molecule has 19 heavy (non-hydrogen) atoms. The minimum absolute atomic E-state index is 0.230. The first kappa shape index (κ1) is 12.3. The summed E-state index contributed by atoms with van der Waals surface area (Å²) in [6.45, 7) is 6.16. The molecule has 0 saturated carbocycles. The second kappa shape index (κ2) is 4.74. The maximum atomic E-state index is 5.88. The van der Waals surface area contributed by atoms with Crippen LogP contribution in [0.1, 0.15) is 13.8 Å². The van der Waals surface area contributed by atoms with Crippen LogP contribution in [-0.2, 0) is 0 Å². The van der Waals surface area contributed by atoms with Crippen LogP contribution in [0.2, 0.25) is 0 Å². The van der Waals surface area contributed by atoms with Crippen LogP contribution >= 0.6 is 11.3 Å². The predicted molar refractivity (Wildman–Crippen MR) is 79.9 cm³/mol. The second-order valence-electron chi connectivity index (χ2n) is 4.72. The minimum Gasteiger partial charge on any atom is -0.487 e. The standard InChI is InChI=1S/C14H17N3OS/c1-3-17-7-9(2)18-13-5-4-10(6-12(13)17)11-8-19-14(15)16-11/h4-6,8-9H,3,7H2,1-2H3,(H2,15,16). The number of nitrogen functional groups attached to an aromatic ring is 1. The fourth-order valence-electron chi connectivity index (χ4n) is 2.41. The highest BCUT2D eigenvalue weighted by molar-refractivity contribution is 7.13. The van der Waals surface area contributed by atoms with Gasteiger partial charge in [-0.2, -0.15) is 0 Å². The van der Waals surface area contributed by atoms with Gasteiger partial charge in [-0.25, -0.2) is 4.98 Å². The molecule has 0 amide bonds. The molecular formula is C14H17N3OS. The van der Waals surface area contributed by atoms with Crippen LogP contribution in [0.25, 0.3) is 11.3 Å². The number of fused-ring (bicyclic) bond motifs is 1. The Morgan fingerprint density at radius 2 is 2.37 bits per heavy atom. The summed E-state index contributed by atoms with van der Waals surface area (Å²) in [7, 11) is 0. The summed E-state index contributed by atoms with van der Waals surface area (Å²) in [5.74, 6) is 0.951. The summed E-state index contributed by atoms with van der Waals surface area (Å²) < 4.78 is 5.88. The number of likely N-dealkylation sites (N-methyl/N-ethyl adjacent to an activating group) is 1. The molecule has 0 bridgehead atoms. The first-order valence-corrected chi connectivity index (χ1v) is 7.32. The van der Waals surface area contributed by atoms with E-state index in [4.69, 9.17) is 10.5 Å². The molecule has 1 atom stereocenters. The van der Waals surface area contributed by atoms with Crippen LogP contribution in [0.3, 0.4) is 0 Å². The van der Waals surface area contributed by atoms with Crippen molar-refractivity contribution in [1.82, 2.24) is 4.98 Å². The SMILES string of the molecule is CCN1CC(C)Oc2ccc(-c3csc(N)n3)cc21. The summed E-state index contributed by atoms with van der Waals surface area (Å²) >= 11 is 1.47. The largest absolute Gasteiger partial charge is 0.487 e. The maximum Gasteiger partial charge on any atom is 0.180 e. The highest BCUT2D eigenvalue weighted by Crippen LogP contribution is 2.37. The highest BCUT2D eigenvalue weighted by Gasteiger charge is 2.22. The summed E-state index contributed by atoms with van der Waals surface area (Å²) in [6, 6.07) is 6.21. The van der Waals surface area contributed by atoms with Gasteiger partial charge in [0.1, 0.15) is 11.9 Å². The summed E-state index contributed by atoms with van der Waals surface area (Å²) in [5.41, 5.74) is 8.86. The van der Waals surface area contributed by atoms with Crippen molar-refractivity contribution in [3.8, 4) is 17.0 Å². The van der Waals surface area contributed by atoms with Crippen molar-refractivity contribution in [2.24, 2.45) is 0 Å². The molecule has 0 aliphatic carbocycles. The lowest BCUT2D eigenvalue weighted by atomic mass is 10.1. The molecule has 1 aliphatic heterocycles. The average molecular weight is 275 g/mol. The van der Waals surface area contributed by atoms with Crippen LogP contribution in [0.15, 0.2) is 23.6 Å². The monoisotopic (exact) mass is 275 g/mol. The number of thiazole rings is 1. The fourth-order valence-corrected chi connectivity index (χ4v) is 2.98. The summed E-state index contributed by atoms with van der Waals surface area (Å²) in [4.78, 5) is 6.67. The Labute approximate surface area is 116 Å². The first-order chi connectivity index (χ1) is 9.17. The first-order valence-electron chi connectivity index (χ1n) is 6.44. The predicted octanol–water partition coefficient (Wildman–Crippen LogP) is 3.00. The quantitative estimate of drug-likeness (QED) is 0.915. The third-order valence-electron chi connectivity index (χ3n) is 3.30. The molecule has 3 rings (SSSR count). The van der Waals surface area contributed by atoms with Crippen molar-refractivity contribution < 1.29 is 4.74 Å². The van der Waals surface area contributed by atoms with E-state index in [0.29, 0.717) is 5.13 Å². The zero-order valence-corrected chi connectivity index (χ0v) is 11.9. The van der Waals surface area contributed by atoms with Crippen molar-refractivity contribution in [2.45, 2.75) is 20.0 Å². The summed E-state index contributed by atoms with van der Waals surface area (Å²) in [5, 5.41) is 2.59. The van der Waals surface area contributed by atoms with E-state index in [9.17, 15) is 0 Å². The van der Waals surface area contributed by atoms with Crippen molar-refractivity contribution in [1.29, 1.82) is 0 Å². The van der Waals surface area contributed by atoms with Crippen LogP contribution in [0.4, 0.5) is 10.8 Å². The number of benzene rings is 1. The van der Waals surface area contributed by atoms with Gasteiger partial charge >= 0.3 is 0 Å². The van der Waals surface area contributed by atoms with Gasteiger partial charge in [-0.15, -0.1) is 11.3 Å². The van der Waals surface area contributed by atoms with E-state index < -0.39 is 0 Å².